The van der Waals surface area contributed by atoms with E-state index >= 15 is 0 Å². The van der Waals surface area contributed by atoms with Crippen molar-refractivity contribution in [2.24, 2.45) is 0 Å². The van der Waals surface area contributed by atoms with Gasteiger partial charge in [-0.3, -0.25) is 10.1 Å². The Labute approximate surface area is 110 Å². The van der Waals surface area contributed by atoms with Gasteiger partial charge in [0.1, 0.15) is 5.75 Å². The zero-order chi connectivity index (χ0) is 12.7. The van der Waals surface area contributed by atoms with Crippen LogP contribution in [0.5, 0.6) is 5.75 Å². The molecule has 6 nitrogen and oxygen atoms in total. The molecule has 0 radical (unpaired) electrons. The van der Waals surface area contributed by atoms with Crippen LogP contribution in [0.2, 0.25) is 0 Å². The second kappa shape index (κ2) is 6.70. The van der Waals surface area contributed by atoms with E-state index in [0.29, 0.717) is 0 Å². The van der Waals surface area contributed by atoms with E-state index in [0.717, 1.165) is 0 Å². The van der Waals surface area contributed by atoms with Crippen LogP contribution in [0.1, 0.15) is 0 Å². The summed E-state index contributed by atoms with van der Waals surface area (Å²) in [7, 11) is 0. The molecule has 0 N–H and O–H groups in total. The van der Waals surface area contributed by atoms with Crippen molar-refractivity contribution >= 4 is 34.4 Å². The van der Waals surface area contributed by atoms with Gasteiger partial charge < -0.3 is 9.47 Å². The zero-order valence-electron chi connectivity index (χ0n) is 8.38. The van der Waals surface area contributed by atoms with Gasteiger partial charge in [0.15, 0.2) is 6.61 Å². The maximum absolute atomic E-state index is 11.1. The highest BCUT2D eigenvalue weighted by Gasteiger charge is 2.08. The molecule has 0 aliphatic heterocycles. The summed E-state index contributed by atoms with van der Waals surface area (Å²) in [5.74, 6) is 2.68. The molecule has 17 heavy (non-hydrogen) atoms. The second-order valence-corrected chi connectivity index (χ2v) is 3.20. The van der Waals surface area contributed by atoms with E-state index < -0.39 is 11.1 Å². The summed E-state index contributed by atoms with van der Waals surface area (Å²) in [5.41, 5.74) is -0.0819. The molecule has 0 aliphatic carbocycles. The van der Waals surface area contributed by atoms with E-state index in [1.54, 1.807) is 0 Å². The van der Waals surface area contributed by atoms with Gasteiger partial charge >= 0.3 is 6.16 Å². The van der Waals surface area contributed by atoms with Crippen molar-refractivity contribution in [1.29, 1.82) is 0 Å². The van der Waals surface area contributed by atoms with E-state index in [-0.39, 0.29) is 18.0 Å². The molecule has 1 aromatic rings. The summed E-state index contributed by atoms with van der Waals surface area (Å²) in [4.78, 5) is 20.9. The Morgan fingerprint density at radius 2 is 2.06 bits per heavy atom. The fourth-order valence-corrected chi connectivity index (χ4v) is 1.04. The van der Waals surface area contributed by atoms with Crippen molar-refractivity contribution in [3.05, 3.63) is 34.4 Å². The molecule has 0 amide bonds. The number of ether oxygens (including phenoxy) is 2. The Morgan fingerprint density at radius 1 is 1.41 bits per heavy atom. The lowest BCUT2D eigenvalue weighted by molar-refractivity contribution is -0.384. The Morgan fingerprint density at radius 3 is 2.59 bits per heavy atom. The van der Waals surface area contributed by atoms with Gasteiger partial charge in [-0.25, -0.2) is 4.79 Å². The van der Waals surface area contributed by atoms with Crippen LogP contribution < -0.4 is 4.74 Å². The molecule has 7 heteroatoms. The number of nitro groups is 1. The largest absolute Gasteiger partial charge is 0.514 e. The van der Waals surface area contributed by atoms with Crippen molar-refractivity contribution < 1.29 is 19.2 Å². The number of nitro benzene ring substituents is 1. The van der Waals surface area contributed by atoms with E-state index in [9.17, 15) is 14.9 Å². The standard InChI is InChI=1S/C10H6INO5/c11-6-1-7-16-10(13)17-9-4-2-8(3-5-9)12(14)15/h2-5H,7H2. The summed E-state index contributed by atoms with van der Waals surface area (Å²) in [5, 5.41) is 10.4. The van der Waals surface area contributed by atoms with Crippen LogP contribution in [0.25, 0.3) is 0 Å². The fraction of sp³-hybridized carbons (Fsp3) is 0.100. The van der Waals surface area contributed by atoms with E-state index in [2.05, 4.69) is 14.6 Å². The van der Waals surface area contributed by atoms with Gasteiger partial charge in [-0.05, 0) is 16.1 Å². The van der Waals surface area contributed by atoms with Crippen LogP contribution >= 0.6 is 22.6 Å². The molecule has 0 atom stereocenters. The lowest BCUT2D eigenvalue weighted by atomic mass is 10.3. The third kappa shape index (κ3) is 4.69. The third-order valence-electron chi connectivity index (χ3n) is 1.58. The lowest BCUT2D eigenvalue weighted by Gasteiger charge is -2.02. The number of hydrogen-bond acceptors (Lipinski definition) is 5. The zero-order valence-corrected chi connectivity index (χ0v) is 10.5. The quantitative estimate of drug-likeness (QED) is 0.210. The average Bonchev–Trinajstić information content (AvgIpc) is 2.30. The van der Waals surface area contributed by atoms with Gasteiger partial charge in [0.05, 0.1) is 4.92 Å². The summed E-state index contributed by atoms with van der Waals surface area (Å²) < 4.78 is 11.9. The summed E-state index contributed by atoms with van der Waals surface area (Å²) in [6.07, 6.45) is -0.905. The molecule has 0 unspecified atom stereocenters. The molecule has 0 heterocycles. The number of carbonyl (C=O) groups excluding carboxylic acids is 1. The minimum atomic E-state index is -0.905. The highest BCUT2D eigenvalue weighted by Crippen LogP contribution is 2.17. The molecule has 1 aromatic carbocycles. The van der Waals surface area contributed by atoms with E-state index in [1.807, 2.05) is 22.6 Å². The SMILES string of the molecule is O=C(OCC#CI)Oc1ccc([N+](=O)[O-])cc1. The number of hydrogen-bond donors (Lipinski definition) is 0. The highest BCUT2D eigenvalue weighted by molar-refractivity contribution is 14.1. The van der Waals surface area contributed by atoms with E-state index in [1.165, 1.54) is 24.3 Å². The highest BCUT2D eigenvalue weighted by atomic mass is 127. The minimum absolute atomic E-state index is 0.0608. The summed E-state index contributed by atoms with van der Waals surface area (Å²) in [6, 6.07) is 5.08. The van der Waals surface area contributed by atoms with Crippen LogP contribution in [-0.2, 0) is 4.74 Å². The van der Waals surface area contributed by atoms with Crippen LogP contribution in [0.4, 0.5) is 10.5 Å². The lowest BCUT2D eigenvalue weighted by Crippen LogP contribution is -2.10. The van der Waals surface area contributed by atoms with Crippen LogP contribution in [0.15, 0.2) is 24.3 Å². The first-order chi connectivity index (χ1) is 8.13. The molecule has 0 saturated heterocycles. The van der Waals surface area contributed by atoms with Crippen LogP contribution in [0.3, 0.4) is 0 Å². The van der Waals surface area contributed by atoms with Crippen molar-refractivity contribution in [2.75, 3.05) is 6.61 Å². The minimum Gasteiger partial charge on any atom is -0.421 e. The Bertz CT molecular complexity index is 474. The van der Waals surface area contributed by atoms with Crippen molar-refractivity contribution in [1.82, 2.24) is 0 Å². The first-order valence-corrected chi connectivity index (χ1v) is 5.39. The maximum atomic E-state index is 11.1. The molecule has 0 aromatic heterocycles. The average molecular weight is 347 g/mol. The van der Waals surface area contributed by atoms with Crippen molar-refractivity contribution in [3.63, 3.8) is 0 Å². The van der Waals surface area contributed by atoms with Crippen LogP contribution in [-0.4, -0.2) is 17.7 Å². The number of benzene rings is 1. The predicted octanol–water partition coefficient (Wildman–Crippen LogP) is 2.51. The normalized spacial score (nSPS) is 8.76. The summed E-state index contributed by atoms with van der Waals surface area (Å²) in [6.45, 7) is -0.0608. The fourth-order valence-electron chi connectivity index (χ4n) is 0.884. The first-order valence-electron chi connectivity index (χ1n) is 4.31. The number of halogens is 1. The second-order valence-electron chi connectivity index (χ2n) is 2.66. The van der Waals surface area contributed by atoms with Gasteiger partial charge in [-0.15, -0.1) is 0 Å². The van der Waals surface area contributed by atoms with Gasteiger partial charge in [0, 0.05) is 34.7 Å². The smallest absolute Gasteiger partial charge is 0.421 e. The number of nitrogens with zero attached hydrogens (tertiary/aromatic N) is 1. The number of carbonyl (C=O) groups is 1. The van der Waals surface area contributed by atoms with Gasteiger partial charge in [-0.2, -0.15) is 0 Å². The van der Waals surface area contributed by atoms with Crippen molar-refractivity contribution in [2.45, 2.75) is 0 Å². The Hall–Kier alpha value is -1.82. The van der Waals surface area contributed by atoms with Crippen molar-refractivity contribution in [3.8, 4) is 15.6 Å². The topological polar surface area (TPSA) is 78.7 Å². The number of rotatable bonds is 3. The van der Waals surface area contributed by atoms with Crippen LogP contribution in [0, 0.1) is 20.0 Å². The molecule has 0 aliphatic rings. The molecule has 0 bridgehead atoms. The maximum Gasteiger partial charge on any atom is 0.514 e. The van der Waals surface area contributed by atoms with Gasteiger partial charge in [0.2, 0.25) is 0 Å². The summed E-state index contributed by atoms with van der Waals surface area (Å²) >= 11 is 1.81. The number of non-ortho nitro benzene ring substituents is 1. The van der Waals surface area contributed by atoms with Gasteiger partial charge in [0.25, 0.3) is 5.69 Å². The monoisotopic (exact) mass is 347 g/mol. The molecule has 0 fully saturated rings. The molecule has 88 valence electrons. The third-order valence-corrected chi connectivity index (χ3v) is 1.96. The Kier molecular flexibility index (Phi) is 5.22. The molecular weight excluding hydrogens is 341 g/mol. The van der Waals surface area contributed by atoms with Gasteiger partial charge in [-0.1, -0.05) is 5.92 Å². The van der Waals surface area contributed by atoms with E-state index in [4.69, 9.17) is 4.74 Å². The Balaban J connectivity index is 2.53. The first kappa shape index (κ1) is 13.2. The molecular formula is C10H6INO5. The predicted molar refractivity (Wildman–Crippen MR) is 66.9 cm³/mol. The molecule has 0 spiro atoms. The molecule has 0 saturated carbocycles. The molecule has 1 rings (SSSR count).